The summed E-state index contributed by atoms with van der Waals surface area (Å²) in [6.07, 6.45) is 4.40. The molecular formula is C19H17N3O3. The van der Waals surface area contributed by atoms with Crippen molar-refractivity contribution in [1.82, 2.24) is 15.0 Å². The first kappa shape index (κ1) is 15.5. The van der Waals surface area contributed by atoms with E-state index in [1.54, 1.807) is 30.3 Å². The van der Waals surface area contributed by atoms with Gasteiger partial charge in [0.25, 0.3) is 5.56 Å². The number of aromatic nitrogens is 3. The molecule has 1 heterocycles. The molecule has 3 aromatic rings. The molecule has 0 radical (unpaired) electrons. The smallest absolute Gasteiger partial charge is 0.339 e. The molecule has 0 unspecified atom stereocenters. The first-order valence-corrected chi connectivity index (χ1v) is 8.34. The average Bonchev–Trinajstić information content (AvgIpc) is 2.67. The molecule has 0 bridgehead atoms. The lowest BCUT2D eigenvalue weighted by Crippen LogP contribution is -2.26. The second-order valence-corrected chi connectivity index (χ2v) is 6.16. The van der Waals surface area contributed by atoms with Crippen LogP contribution in [0.1, 0.15) is 34.3 Å². The molecule has 0 N–H and O–H groups in total. The van der Waals surface area contributed by atoms with Gasteiger partial charge in [0.05, 0.1) is 10.9 Å². The van der Waals surface area contributed by atoms with Crippen molar-refractivity contribution in [3.63, 3.8) is 0 Å². The van der Waals surface area contributed by atoms with Crippen LogP contribution in [0.15, 0.2) is 47.3 Å². The Kier molecular flexibility index (Phi) is 4.01. The van der Waals surface area contributed by atoms with E-state index >= 15 is 0 Å². The van der Waals surface area contributed by atoms with Crippen LogP contribution in [-0.2, 0) is 24.3 Å². The van der Waals surface area contributed by atoms with Gasteiger partial charge in [-0.3, -0.25) is 4.79 Å². The SMILES string of the molecule is O=C(OCn1nnc2ccccc2c1=O)c1ccc2c(c1)CCCC2. The first-order chi connectivity index (χ1) is 12.2. The lowest BCUT2D eigenvalue weighted by atomic mass is 9.90. The Labute approximate surface area is 144 Å². The summed E-state index contributed by atoms with van der Waals surface area (Å²) in [6, 6.07) is 12.6. The van der Waals surface area contributed by atoms with Crippen LogP contribution in [0.5, 0.6) is 0 Å². The second-order valence-electron chi connectivity index (χ2n) is 6.16. The van der Waals surface area contributed by atoms with Crippen molar-refractivity contribution in [2.45, 2.75) is 32.4 Å². The molecule has 2 aromatic carbocycles. The molecule has 1 aromatic heterocycles. The highest BCUT2D eigenvalue weighted by Gasteiger charge is 2.14. The highest BCUT2D eigenvalue weighted by atomic mass is 16.5. The van der Waals surface area contributed by atoms with Gasteiger partial charge in [-0.15, -0.1) is 5.10 Å². The fourth-order valence-electron chi connectivity index (χ4n) is 3.17. The first-order valence-electron chi connectivity index (χ1n) is 8.34. The predicted molar refractivity (Wildman–Crippen MR) is 92.3 cm³/mol. The van der Waals surface area contributed by atoms with E-state index in [9.17, 15) is 9.59 Å². The van der Waals surface area contributed by atoms with Gasteiger partial charge >= 0.3 is 5.97 Å². The average molecular weight is 335 g/mol. The van der Waals surface area contributed by atoms with Gasteiger partial charge in [0.2, 0.25) is 0 Å². The molecule has 0 aliphatic heterocycles. The molecule has 1 aliphatic rings. The normalized spacial score (nSPS) is 13.4. The fourth-order valence-corrected chi connectivity index (χ4v) is 3.17. The number of hydrogen-bond donors (Lipinski definition) is 0. The Morgan fingerprint density at radius 3 is 2.76 bits per heavy atom. The van der Waals surface area contributed by atoms with Crippen molar-refractivity contribution >= 4 is 16.9 Å². The Balaban J connectivity index is 1.52. The zero-order chi connectivity index (χ0) is 17.2. The van der Waals surface area contributed by atoms with Gasteiger partial charge in [-0.25, -0.2) is 4.79 Å². The van der Waals surface area contributed by atoms with Crippen molar-refractivity contribution in [1.29, 1.82) is 0 Å². The third kappa shape index (κ3) is 3.03. The molecule has 6 nitrogen and oxygen atoms in total. The Morgan fingerprint density at radius 1 is 1.08 bits per heavy atom. The summed E-state index contributed by atoms with van der Waals surface area (Å²) in [5.74, 6) is -0.463. The largest absolute Gasteiger partial charge is 0.439 e. The summed E-state index contributed by atoms with van der Waals surface area (Å²) in [5.41, 5.74) is 3.21. The fraction of sp³-hybridized carbons (Fsp3) is 0.263. The summed E-state index contributed by atoms with van der Waals surface area (Å²) in [5, 5.41) is 8.24. The predicted octanol–water partition coefficient (Wildman–Crippen LogP) is 2.48. The maximum Gasteiger partial charge on any atom is 0.339 e. The molecule has 126 valence electrons. The molecule has 25 heavy (non-hydrogen) atoms. The number of carbonyl (C=O) groups excluding carboxylic acids is 1. The van der Waals surface area contributed by atoms with Crippen molar-refractivity contribution < 1.29 is 9.53 Å². The Hall–Kier alpha value is -3.02. The van der Waals surface area contributed by atoms with E-state index in [2.05, 4.69) is 10.3 Å². The van der Waals surface area contributed by atoms with Gasteiger partial charge in [0.15, 0.2) is 6.73 Å². The van der Waals surface area contributed by atoms with Crippen LogP contribution in [0.3, 0.4) is 0 Å². The number of nitrogens with zero attached hydrogens (tertiary/aromatic N) is 3. The van der Waals surface area contributed by atoms with Crippen molar-refractivity contribution in [2.75, 3.05) is 0 Å². The summed E-state index contributed by atoms with van der Waals surface area (Å²) >= 11 is 0. The van der Waals surface area contributed by atoms with Crippen molar-refractivity contribution in [2.24, 2.45) is 0 Å². The number of benzene rings is 2. The van der Waals surface area contributed by atoms with Crippen LogP contribution in [-0.4, -0.2) is 21.0 Å². The van der Waals surface area contributed by atoms with Gasteiger partial charge in [0, 0.05) is 0 Å². The summed E-state index contributed by atoms with van der Waals surface area (Å²) in [4.78, 5) is 24.6. The standard InChI is InChI=1S/C19H17N3O3/c23-18-16-7-3-4-8-17(16)20-21-22(18)12-25-19(24)15-10-9-13-5-1-2-6-14(13)11-15/h3-4,7-11H,1-2,5-6,12H2. The van der Waals surface area contributed by atoms with E-state index in [0.717, 1.165) is 23.9 Å². The number of esters is 1. The topological polar surface area (TPSA) is 74.1 Å². The van der Waals surface area contributed by atoms with E-state index < -0.39 is 5.97 Å². The van der Waals surface area contributed by atoms with E-state index in [1.807, 2.05) is 12.1 Å². The lowest BCUT2D eigenvalue weighted by molar-refractivity contribution is 0.0336. The number of hydrogen-bond acceptors (Lipinski definition) is 5. The summed E-state index contributed by atoms with van der Waals surface area (Å²) in [6.45, 7) is -0.257. The Bertz CT molecular complexity index is 1010. The van der Waals surface area contributed by atoms with Gasteiger partial charge in [0.1, 0.15) is 5.52 Å². The van der Waals surface area contributed by atoms with E-state index in [1.165, 1.54) is 17.5 Å². The minimum atomic E-state index is -0.463. The number of rotatable bonds is 3. The molecule has 0 saturated carbocycles. The van der Waals surface area contributed by atoms with E-state index in [4.69, 9.17) is 4.74 Å². The minimum absolute atomic E-state index is 0.257. The van der Waals surface area contributed by atoms with Crippen LogP contribution in [0.2, 0.25) is 0 Å². The molecule has 1 aliphatic carbocycles. The van der Waals surface area contributed by atoms with Crippen LogP contribution in [0.25, 0.3) is 10.9 Å². The van der Waals surface area contributed by atoms with Crippen LogP contribution in [0.4, 0.5) is 0 Å². The molecule has 4 rings (SSSR count). The van der Waals surface area contributed by atoms with Crippen LogP contribution in [0, 0.1) is 0 Å². The number of fused-ring (bicyclic) bond motifs is 2. The molecular weight excluding hydrogens is 318 g/mol. The molecule has 0 spiro atoms. The molecule has 0 fully saturated rings. The van der Waals surface area contributed by atoms with E-state index in [-0.39, 0.29) is 12.3 Å². The highest BCUT2D eigenvalue weighted by Crippen LogP contribution is 2.22. The Morgan fingerprint density at radius 2 is 1.88 bits per heavy atom. The van der Waals surface area contributed by atoms with Gasteiger partial charge < -0.3 is 4.74 Å². The number of aryl methyl sites for hydroxylation is 2. The number of carbonyl (C=O) groups is 1. The zero-order valence-corrected chi connectivity index (χ0v) is 13.6. The van der Waals surface area contributed by atoms with Gasteiger partial charge in [-0.05, 0) is 61.1 Å². The zero-order valence-electron chi connectivity index (χ0n) is 13.6. The third-order valence-electron chi connectivity index (χ3n) is 4.53. The third-order valence-corrected chi connectivity index (χ3v) is 4.53. The van der Waals surface area contributed by atoms with Crippen LogP contribution >= 0.6 is 0 Å². The van der Waals surface area contributed by atoms with Gasteiger partial charge in [-0.2, -0.15) is 4.68 Å². The maximum atomic E-state index is 12.3. The maximum absolute atomic E-state index is 12.3. The monoisotopic (exact) mass is 335 g/mol. The molecule has 0 saturated heterocycles. The molecule has 0 atom stereocenters. The summed E-state index contributed by atoms with van der Waals surface area (Å²) < 4.78 is 6.31. The van der Waals surface area contributed by atoms with E-state index in [0.29, 0.717) is 16.5 Å². The van der Waals surface area contributed by atoms with Gasteiger partial charge in [-0.1, -0.05) is 23.4 Å². The summed E-state index contributed by atoms with van der Waals surface area (Å²) in [7, 11) is 0. The number of ether oxygens (including phenoxy) is 1. The van der Waals surface area contributed by atoms with Crippen molar-refractivity contribution in [3.05, 3.63) is 69.5 Å². The minimum Gasteiger partial charge on any atom is -0.439 e. The quantitative estimate of drug-likeness (QED) is 0.688. The molecule has 6 heteroatoms. The lowest BCUT2D eigenvalue weighted by Gasteiger charge is -2.16. The van der Waals surface area contributed by atoms with Crippen LogP contribution < -0.4 is 5.56 Å². The van der Waals surface area contributed by atoms with Crippen molar-refractivity contribution in [3.8, 4) is 0 Å². The second kappa shape index (κ2) is 6.47. The molecule has 0 amide bonds. The highest BCUT2D eigenvalue weighted by molar-refractivity contribution is 5.89.